The summed E-state index contributed by atoms with van der Waals surface area (Å²) in [5.41, 5.74) is 8.69. The van der Waals surface area contributed by atoms with Gasteiger partial charge in [-0.25, -0.2) is 4.39 Å². The summed E-state index contributed by atoms with van der Waals surface area (Å²) in [6.07, 6.45) is 0. The summed E-state index contributed by atoms with van der Waals surface area (Å²) in [5, 5.41) is 3.54. The second-order valence-electron chi connectivity index (χ2n) is 4.79. The van der Waals surface area contributed by atoms with E-state index in [2.05, 4.69) is 6.07 Å². The van der Waals surface area contributed by atoms with E-state index in [1.807, 2.05) is 23.6 Å². The third-order valence-electron chi connectivity index (χ3n) is 3.46. The number of rotatable bonds is 2. The minimum atomic E-state index is -0.349. The molecule has 0 amide bonds. The Morgan fingerprint density at radius 1 is 1.20 bits per heavy atom. The second-order valence-corrected chi connectivity index (χ2v) is 6.11. The van der Waals surface area contributed by atoms with Gasteiger partial charge in [0.05, 0.1) is 6.04 Å². The van der Waals surface area contributed by atoms with Gasteiger partial charge in [0.1, 0.15) is 5.82 Å². The molecule has 3 aromatic rings. The summed E-state index contributed by atoms with van der Waals surface area (Å²) in [7, 11) is 0. The number of hydrogen-bond acceptors (Lipinski definition) is 2. The quantitative estimate of drug-likeness (QED) is 0.704. The third kappa shape index (κ3) is 2.22. The predicted molar refractivity (Wildman–Crippen MR) is 84.0 cm³/mol. The van der Waals surface area contributed by atoms with Gasteiger partial charge in [0.15, 0.2) is 0 Å². The van der Waals surface area contributed by atoms with Crippen LogP contribution in [0.3, 0.4) is 0 Å². The van der Waals surface area contributed by atoms with Crippen LogP contribution in [-0.2, 0) is 0 Å². The Morgan fingerprint density at radius 3 is 2.75 bits per heavy atom. The molecule has 1 aromatic heterocycles. The predicted octanol–water partition coefficient (Wildman–Crippen LogP) is 5.05. The molecule has 102 valence electrons. The topological polar surface area (TPSA) is 26.0 Å². The minimum absolute atomic E-state index is 0.305. The summed E-state index contributed by atoms with van der Waals surface area (Å²) >= 11 is 7.80. The van der Waals surface area contributed by atoms with E-state index in [1.165, 1.54) is 10.8 Å². The zero-order valence-electron chi connectivity index (χ0n) is 10.9. The second kappa shape index (κ2) is 5.17. The van der Waals surface area contributed by atoms with Crippen LogP contribution in [0.2, 0.25) is 5.02 Å². The van der Waals surface area contributed by atoms with E-state index in [4.69, 9.17) is 17.3 Å². The smallest absolute Gasteiger partial charge is 0.127 e. The lowest BCUT2D eigenvalue weighted by atomic mass is 9.97. The van der Waals surface area contributed by atoms with Crippen LogP contribution in [0.4, 0.5) is 4.39 Å². The molecule has 0 saturated carbocycles. The molecule has 0 spiro atoms. The first-order valence-corrected chi connectivity index (χ1v) is 7.51. The van der Waals surface area contributed by atoms with E-state index in [-0.39, 0.29) is 11.9 Å². The van der Waals surface area contributed by atoms with Gasteiger partial charge in [-0.1, -0.05) is 29.8 Å². The largest absolute Gasteiger partial charge is 0.320 e. The molecular formula is C16H13ClFNS. The van der Waals surface area contributed by atoms with Gasteiger partial charge in [0, 0.05) is 9.72 Å². The zero-order valence-corrected chi connectivity index (χ0v) is 12.4. The van der Waals surface area contributed by atoms with Gasteiger partial charge < -0.3 is 5.73 Å². The molecule has 1 nitrogen and oxygen atoms in total. The Hall–Kier alpha value is -1.42. The van der Waals surface area contributed by atoms with Gasteiger partial charge >= 0.3 is 0 Å². The van der Waals surface area contributed by atoms with Gasteiger partial charge in [-0.15, -0.1) is 11.3 Å². The van der Waals surface area contributed by atoms with Gasteiger partial charge in [-0.05, 0) is 52.6 Å². The van der Waals surface area contributed by atoms with Crippen LogP contribution in [0.1, 0.15) is 22.7 Å². The summed E-state index contributed by atoms with van der Waals surface area (Å²) in [6.45, 7) is 1.72. The molecule has 0 bridgehead atoms. The highest BCUT2D eigenvalue weighted by Gasteiger charge is 2.17. The molecular weight excluding hydrogens is 293 g/mol. The zero-order chi connectivity index (χ0) is 14.3. The maximum absolute atomic E-state index is 13.5. The average molecular weight is 306 g/mol. The Labute approximate surface area is 125 Å². The van der Waals surface area contributed by atoms with Crippen molar-refractivity contribution < 1.29 is 4.39 Å². The Balaban J connectivity index is 2.13. The molecule has 0 aliphatic carbocycles. The molecule has 0 aliphatic heterocycles. The lowest BCUT2D eigenvalue weighted by molar-refractivity contribution is 0.617. The first-order chi connectivity index (χ1) is 9.58. The van der Waals surface area contributed by atoms with Crippen molar-refractivity contribution in [3.05, 3.63) is 69.3 Å². The van der Waals surface area contributed by atoms with Crippen molar-refractivity contribution in [3.63, 3.8) is 0 Å². The number of hydrogen-bond donors (Lipinski definition) is 1. The average Bonchev–Trinajstić information content (AvgIpc) is 2.86. The lowest BCUT2D eigenvalue weighted by Crippen LogP contribution is -2.12. The van der Waals surface area contributed by atoms with E-state index < -0.39 is 0 Å². The van der Waals surface area contributed by atoms with E-state index in [9.17, 15) is 4.39 Å². The molecule has 1 atom stereocenters. The van der Waals surface area contributed by atoms with Gasteiger partial charge in [-0.3, -0.25) is 0 Å². The first kappa shape index (κ1) is 13.6. The number of benzene rings is 2. The maximum atomic E-state index is 13.5. The number of aryl methyl sites for hydroxylation is 1. The van der Waals surface area contributed by atoms with Crippen molar-refractivity contribution in [2.24, 2.45) is 5.73 Å². The fraction of sp³-hybridized carbons (Fsp3) is 0.125. The van der Waals surface area contributed by atoms with Crippen LogP contribution >= 0.6 is 22.9 Å². The van der Waals surface area contributed by atoms with E-state index in [0.29, 0.717) is 10.6 Å². The molecule has 2 aromatic carbocycles. The van der Waals surface area contributed by atoms with Crippen LogP contribution in [0.15, 0.2) is 41.8 Å². The molecule has 1 heterocycles. The van der Waals surface area contributed by atoms with E-state index >= 15 is 0 Å². The Kier molecular flexibility index (Phi) is 3.50. The van der Waals surface area contributed by atoms with Crippen LogP contribution < -0.4 is 5.73 Å². The van der Waals surface area contributed by atoms with E-state index in [1.54, 1.807) is 24.3 Å². The van der Waals surface area contributed by atoms with Crippen molar-refractivity contribution in [2.75, 3.05) is 0 Å². The minimum Gasteiger partial charge on any atom is -0.320 e. The summed E-state index contributed by atoms with van der Waals surface area (Å²) in [6, 6.07) is 10.8. The number of halogens is 2. The number of thiophene rings is 1. The van der Waals surface area contributed by atoms with Crippen LogP contribution in [0, 0.1) is 12.7 Å². The molecule has 1 unspecified atom stereocenters. The molecule has 4 heteroatoms. The van der Waals surface area contributed by atoms with Crippen molar-refractivity contribution >= 4 is 33.0 Å². The van der Waals surface area contributed by atoms with Crippen LogP contribution in [0.5, 0.6) is 0 Å². The molecule has 0 aliphatic rings. The van der Waals surface area contributed by atoms with Crippen molar-refractivity contribution in [2.45, 2.75) is 13.0 Å². The van der Waals surface area contributed by atoms with Gasteiger partial charge in [0.25, 0.3) is 0 Å². The summed E-state index contributed by atoms with van der Waals surface area (Å²) in [4.78, 5) is 0. The SMILES string of the molecule is Cc1cc(C(N)c2csc3ccccc23)c(Cl)cc1F. The Morgan fingerprint density at radius 2 is 1.95 bits per heavy atom. The Bertz CT molecular complexity index is 781. The molecule has 0 saturated heterocycles. The van der Waals surface area contributed by atoms with Gasteiger partial charge in [0.2, 0.25) is 0 Å². The molecule has 2 N–H and O–H groups in total. The molecule has 0 fully saturated rings. The highest BCUT2D eigenvalue weighted by molar-refractivity contribution is 7.17. The summed E-state index contributed by atoms with van der Waals surface area (Å²) in [5.74, 6) is -0.305. The first-order valence-electron chi connectivity index (χ1n) is 6.25. The van der Waals surface area contributed by atoms with Crippen LogP contribution in [0.25, 0.3) is 10.1 Å². The third-order valence-corrected chi connectivity index (χ3v) is 4.77. The molecule has 3 rings (SSSR count). The summed E-state index contributed by atoms with van der Waals surface area (Å²) < 4.78 is 14.7. The van der Waals surface area contributed by atoms with Crippen molar-refractivity contribution in [1.29, 1.82) is 0 Å². The highest BCUT2D eigenvalue weighted by Crippen LogP contribution is 2.35. The van der Waals surface area contributed by atoms with Crippen molar-refractivity contribution in [1.82, 2.24) is 0 Å². The fourth-order valence-electron chi connectivity index (χ4n) is 2.32. The standard InChI is InChI=1S/C16H13ClFNS/c1-9-6-11(13(17)7-14(9)18)16(19)12-8-20-15-5-3-2-4-10(12)15/h2-8,16H,19H2,1H3. The number of fused-ring (bicyclic) bond motifs is 1. The normalized spacial score (nSPS) is 12.8. The lowest BCUT2D eigenvalue weighted by Gasteiger charge is -2.14. The number of nitrogens with two attached hydrogens (primary N) is 1. The van der Waals surface area contributed by atoms with Gasteiger partial charge in [-0.2, -0.15) is 0 Å². The monoisotopic (exact) mass is 305 g/mol. The molecule has 20 heavy (non-hydrogen) atoms. The van der Waals surface area contributed by atoms with Crippen molar-refractivity contribution in [3.8, 4) is 0 Å². The fourth-order valence-corrected chi connectivity index (χ4v) is 3.59. The highest BCUT2D eigenvalue weighted by atomic mass is 35.5. The molecule has 0 radical (unpaired) electrons. The maximum Gasteiger partial charge on any atom is 0.127 e. The van der Waals surface area contributed by atoms with Crippen LogP contribution in [-0.4, -0.2) is 0 Å². The van der Waals surface area contributed by atoms with E-state index in [0.717, 1.165) is 16.5 Å².